The van der Waals surface area contributed by atoms with Gasteiger partial charge in [0, 0.05) is 6.42 Å². The molecule has 2 aromatic heterocycles. The number of aromatic amines is 1. The Kier molecular flexibility index (Phi) is 3.59. The number of carbonyl (C=O) groups excluding carboxylic acids is 1. The molecule has 0 bridgehead atoms. The quantitative estimate of drug-likeness (QED) is 0.771. The maximum atomic E-state index is 11.2. The summed E-state index contributed by atoms with van der Waals surface area (Å²) < 4.78 is 9.85. The Morgan fingerprint density at radius 2 is 2.29 bits per heavy atom. The van der Waals surface area contributed by atoms with Crippen LogP contribution in [0, 0.1) is 0 Å². The number of nitrogens with zero attached hydrogens (tertiary/aromatic N) is 1. The predicted molar refractivity (Wildman–Crippen MR) is 78.2 cm³/mol. The Labute approximate surface area is 121 Å². The van der Waals surface area contributed by atoms with E-state index in [1.54, 1.807) is 6.26 Å². The van der Waals surface area contributed by atoms with E-state index in [9.17, 15) is 4.79 Å². The van der Waals surface area contributed by atoms with Crippen LogP contribution in [0.5, 0.6) is 0 Å². The van der Waals surface area contributed by atoms with Gasteiger partial charge in [-0.05, 0) is 36.2 Å². The summed E-state index contributed by atoms with van der Waals surface area (Å²) in [5, 5.41) is 2.51. The van der Waals surface area contributed by atoms with Crippen LogP contribution in [-0.4, -0.2) is 23.2 Å². The van der Waals surface area contributed by atoms with Crippen molar-refractivity contribution >= 4 is 23.1 Å². The second kappa shape index (κ2) is 5.70. The number of benzene rings is 1. The molecule has 0 saturated heterocycles. The van der Waals surface area contributed by atoms with Gasteiger partial charge in [-0.2, -0.15) is 0 Å². The van der Waals surface area contributed by atoms with E-state index < -0.39 is 6.09 Å². The van der Waals surface area contributed by atoms with E-state index in [1.165, 1.54) is 7.11 Å². The Morgan fingerprint density at radius 3 is 3.05 bits per heavy atom. The summed E-state index contributed by atoms with van der Waals surface area (Å²) in [5.41, 5.74) is 2.83. The normalized spacial score (nSPS) is 10.7. The lowest BCUT2D eigenvalue weighted by atomic mass is 10.1. The predicted octanol–water partition coefficient (Wildman–Crippen LogP) is 3.12. The number of imidazole rings is 1. The van der Waals surface area contributed by atoms with Crippen LogP contribution in [0.15, 0.2) is 41.0 Å². The van der Waals surface area contributed by atoms with E-state index in [1.807, 2.05) is 30.3 Å². The number of methoxy groups -OCH3 is 1. The molecule has 0 radical (unpaired) electrons. The summed E-state index contributed by atoms with van der Waals surface area (Å²) in [5.74, 6) is 1.34. The Bertz CT molecular complexity index is 747. The number of furan rings is 1. The third kappa shape index (κ3) is 3.05. The van der Waals surface area contributed by atoms with Crippen molar-refractivity contribution in [1.29, 1.82) is 0 Å². The monoisotopic (exact) mass is 285 g/mol. The molecule has 3 aromatic rings. The van der Waals surface area contributed by atoms with Crippen LogP contribution in [0.25, 0.3) is 11.0 Å². The van der Waals surface area contributed by atoms with E-state index in [4.69, 9.17) is 4.42 Å². The first-order chi connectivity index (χ1) is 10.2. The van der Waals surface area contributed by atoms with Crippen molar-refractivity contribution in [2.75, 3.05) is 12.4 Å². The molecule has 2 N–H and O–H groups in total. The zero-order chi connectivity index (χ0) is 14.7. The third-order valence-corrected chi connectivity index (χ3v) is 3.19. The minimum absolute atomic E-state index is 0.375. The lowest BCUT2D eigenvalue weighted by Gasteiger charge is -1.99. The van der Waals surface area contributed by atoms with Gasteiger partial charge in [-0.15, -0.1) is 0 Å². The highest BCUT2D eigenvalue weighted by Crippen LogP contribution is 2.17. The fourth-order valence-corrected chi connectivity index (χ4v) is 2.14. The van der Waals surface area contributed by atoms with Crippen LogP contribution in [0.1, 0.15) is 11.3 Å². The van der Waals surface area contributed by atoms with Gasteiger partial charge in [0.2, 0.25) is 5.95 Å². The number of anilines is 1. The van der Waals surface area contributed by atoms with Crippen LogP contribution in [-0.2, 0) is 17.6 Å². The van der Waals surface area contributed by atoms with Gasteiger partial charge in [0.25, 0.3) is 0 Å². The number of ether oxygens (including phenoxy) is 1. The standard InChI is InChI=1S/C15H15N3O3/c1-20-15(19)18-14-16-12-7-5-10(9-13(12)17-14)4-6-11-3-2-8-21-11/h2-3,5,7-9H,4,6H2,1H3,(H2,16,17,18,19). The van der Waals surface area contributed by atoms with Crippen molar-refractivity contribution in [2.45, 2.75) is 12.8 Å². The molecule has 21 heavy (non-hydrogen) atoms. The highest BCUT2D eigenvalue weighted by molar-refractivity contribution is 5.86. The number of amides is 1. The summed E-state index contributed by atoms with van der Waals surface area (Å²) in [6.45, 7) is 0. The summed E-state index contributed by atoms with van der Waals surface area (Å²) >= 11 is 0. The third-order valence-electron chi connectivity index (χ3n) is 3.19. The van der Waals surface area contributed by atoms with Gasteiger partial charge in [-0.1, -0.05) is 6.07 Å². The average Bonchev–Trinajstić information content (AvgIpc) is 3.13. The van der Waals surface area contributed by atoms with E-state index in [0.29, 0.717) is 5.95 Å². The SMILES string of the molecule is COC(=O)Nc1nc2cc(CCc3ccco3)ccc2[nH]1. The van der Waals surface area contributed by atoms with Crippen LogP contribution in [0.2, 0.25) is 0 Å². The molecule has 6 heteroatoms. The molecule has 108 valence electrons. The summed E-state index contributed by atoms with van der Waals surface area (Å²) in [6.07, 6.45) is 2.84. The van der Waals surface area contributed by atoms with Crippen LogP contribution < -0.4 is 5.32 Å². The van der Waals surface area contributed by atoms with Gasteiger partial charge >= 0.3 is 6.09 Å². The number of rotatable bonds is 4. The molecule has 0 atom stereocenters. The average molecular weight is 285 g/mol. The largest absolute Gasteiger partial charge is 0.469 e. The zero-order valence-corrected chi connectivity index (χ0v) is 11.6. The Balaban J connectivity index is 1.74. The molecular weight excluding hydrogens is 270 g/mol. The van der Waals surface area contributed by atoms with Crippen molar-refractivity contribution in [3.8, 4) is 0 Å². The zero-order valence-electron chi connectivity index (χ0n) is 11.6. The lowest BCUT2D eigenvalue weighted by Crippen LogP contribution is -2.11. The minimum Gasteiger partial charge on any atom is -0.469 e. The Hall–Kier alpha value is -2.76. The van der Waals surface area contributed by atoms with Crippen molar-refractivity contribution in [2.24, 2.45) is 0 Å². The molecule has 0 fully saturated rings. The lowest BCUT2D eigenvalue weighted by molar-refractivity contribution is 0.186. The molecule has 0 aliphatic heterocycles. The van der Waals surface area contributed by atoms with Crippen molar-refractivity contribution in [3.05, 3.63) is 47.9 Å². The van der Waals surface area contributed by atoms with Crippen LogP contribution in [0.3, 0.4) is 0 Å². The van der Waals surface area contributed by atoms with E-state index in [-0.39, 0.29) is 0 Å². The second-order valence-electron chi connectivity index (χ2n) is 4.63. The van der Waals surface area contributed by atoms with Crippen molar-refractivity contribution in [1.82, 2.24) is 9.97 Å². The number of hydrogen-bond acceptors (Lipinski definition) is 4. The number of H-pyrrole nitrogens is 1. The topological polar surface area (TPSA) is 80.2 Å². The number of hydrogen-bond donors (Lipinski definition) is 2. The fraction of sp³-hybridized carbons (Fsp3) is 0.200. The van der Waals surface area contributed by atoms with Gasteiger partial charge in [0.15, 0.2) is 0 Å². The van der Waals surface area contributed by atoms with Gasteiger partial charge in [-0.3, -0.25) is 5.32 Å². The number of aryl methyl sites for hydroxylation is 2. The molecule has 0 saturated carbocycles. The van der Waals surface area contributed by atoms with Gasteiger partial charge in [0.1, 0.15) is 5.76 Å². The highest BCUT2D eigenvalue weighted by Gasteiger charge is 2.07. The van der Waals surface area contributed by atoms with Crippen molar-refractivity contribution in [3.63, 3.8) is 0 Å². The maximum Gasteiger partial charge on any atom is 0.413 e. The fourth-order valence-electron chi connectivity index (χ4n) is 2.14. The summed E-state index contributed by atoms with van der Waals surface area (Å²) in [7, 11) is 1.31. The summed E-state index contributed by atoms with van der Waals surface area (Å²) in [4.78, 5) is 18.5. The maximum absolute atomic E-state index is 11.2. The number of fused-ring (bicyclic) bond motifs is 1. The smallest absolute Gasteiger partial charge is 0.413 e. The second-order valence-corrected chi connectivity index (χ2v) is 4.63. The van der Waals surface area contributed by atoms with Crippen LogP contribution in [0.4, 0.5) is 10.7 Å². The van der Waals surface area contributed by atoms with Gasteiger partial charge in [-0.25, -0.2) is 9.78 Å². The van der Waals surface area contributed by atoms with E-state index >= 15 is 0 Å². The Morgan fingerprint density at radius 1 is 1.38 bits per heavy atom. The van der Waals surface area contributed by atoms with Gasteiger partial charge in [0.05, 0.1) is 24.4 Å². The molecular formula is C15H15N3O3. The minimum atomic E-state index is -0.549. The molecule has 3 rings (SSSR count). The van der Waals surface area contributed by atoms with Gasteiger partial charge < -0.3 is 14.1 Å². The first kappa shape index (κ1) is 13.2. The molecule has 0 aliphatic rings. The van der Waals surface area contributed by atoms with Crippen molar-refractivity contribution < 1.29 is 13.9 Å². The highest BCUT2D eigenvalue weighted by atomic mass is 16.5. The molecule has 0 spiro atoms. The number of nitrogens with one attached hydrogen (secondary N) is 2. The molecule has 1 amide bonds. The first-order valence-corrected chi connectivity index (χ1v) is 6.60. The molecule has 2 heterocycles. The van der Waals surface area contributed by atoms with E-state index in [0.717, 1.165) is 35.2 Å². The number of aromatic nitrogens is 2. The molecule has 1 aromatic carbocycles. The van der Waals surface area contributed by atoms with Crippen LogP contribution >= 0.6 is 0 Å². The summed E-state index contributed by atoms with van der Waals surface area (Å²) in [6, 6.07) is 9.83. The molecule has 6 nitrogen and oxygen atoms in total. The molecule has 0 unspecified atom stereocenters. The molecule has 0 aliphatic carbocycles. The number of carbonyl (C=O) groups is 1. The first-order valence-electron chi connectivity index (χ1n) is 6.60. The van der Waals surface area contributed by atoms with E-state index in [2.05, 4.69) is 20.0 Å².